The Morgan fingerprint density at radius 2 is 1.90 bits per heavy atom. The van der Waals surface area contributed by atoms with Crippen molar-refractivity contribution < 1.29 is 5.11 Å². The zero-order valence-electron chi connectivity index (χ0n) is 13.1. The number of hydrogen-bond donors (Lipinski definition) is 3. The first-order chi connectivity index (χ1) is 9.65. The van der Waals surface area contributed by atoms with E-state index in [1.807, 2.05) is 0 Å². The van der Waals surface area contributed by atoms with Crippen molar-refractivity contribution in [1.29, 1.82) is 0 Å². The summed E-state index contributed by atoms with van der Waals surface area (Å²) in [5, 5.41) is 17.0. The second-order valence-corrected chi connectivity index (χ2v) is 6.54. The molecule has 2 aliphatic rings. The van der Waals surface area contributed by atoms with Gasteiger partial charge in [0.15, 0.2) is 5.96 Å². The van der Waals surface area contributed by atoms with Crippen LogP contribution in [0.4, 0.5) is 0 Å². The third-order valence-electron chi connectivity index (χ3n) is 4.92. The quantitative estimate of drug-likeness (QED) is 0.536. The molecule has 4 heteroatoms. The summed E-state index contributed by atoms with van der Waals surface area (Å²) in [6.45, 7) is 5.79. The van der Waals surface area contributed by atoms with Crippen LogP contribution in [0.5, 0.6) is 0 Å². The van der Waals surface area contributed by atoms with Crippen LogP contribution in [0.2, 0.25) is 0 Å². The molecule has 2 saturated carbocycles. The van der Waals surface area contributed by atoms with Gasteiger partial charge < -0.3 is 15.7 Å². The van der Waals surface area contributed by atoms with E-state index in [1.165, 1.54) is 32.1 Å². The smallest absolute Gasteiger partial charge is 0.191 e. The Bertz CT molecular complexity index is 318. The highest BCUT2D eigenvalue weighted by atomic mass is 16.3. The number of nitrogens with zero attached hydrogens (tertiary/aromatic N) is 1. The van der Waals surface area contributed by atoms with Crippen molar-refractivity contribution >= 4 is 5.96 Å². The molecule has 2 fully saturated rings. The molecule has 0 atom stereocenters. The van der Waals surface area contributed by atoms with Crippen LogP contribution >= 0.6 is 0 Å². The van der Waals surface area contributed by atoms with Crippen LogP contribution in [0.1, 0.15) is 65.2 Å². The molecule has 0 unspecified atom stereocenters. The van der Waals surface area contributed by atoms with E-state index in [1.54, 1.807) is 0 Å². The second-order valence-electron chi connectivity index (χ2n) is 6.54. The molecular formula is C16H31N3O. The summed E-state index contributed by atoms with van der Waals surface area (Å²) in [7, 11) is 0. The normalized spacial score (nSPS) is 29.6. The first-order valence-corrected chi connectivity index (χ1v) is 8.42. The minimum atomic E-state index is -0.526. The summed E-state index contributed by atoms with van der Waals surface area (Å²) >= 11 is 0. The molecule has 4 nitrogen and oxygen atoms in total. The molecule has 0 bridgehead atoms. The Labute approximate surface area is 123 Å². The van der Waals surface area contributed by atoms with Gasteiger partial charge in [0.05, 0.1) is 12.1 Å². The van der Waals surface area contributed by atoms with Gasteiger partial charge in [-0.1, -0.05) is 13.3 Å². The highest BCUT2D eigenvalue weighted by molar-refractivity contribution is 5.80. The van der Waals surface area contributed by atoms with Gasteiger partial charge in [-0.05, 0) is 57.8 Å². The van der Waals surface area contributed by atoms with Crippen LogP contribution in [0.3, 0.4) is 0 Å². The Morgan fingerprint density at radius 1 is 1.20 bits per heavy atom. The van der Waals surface area contributed by atoms with Gasteiger partial charge in [0.1, 0.15) is 0 Å². The minimum absolute atomic E-state index is 0.526. The van der Waals surface area contributed by atoms with Crippen molar-refractivity contribution in [2.45, 2.75) is 76.9 Å². The summed E-state index contributed by atoms with van der Waals surface area (Å²) in [5.74, 6) is 1.80. The fraction of sp³-hybridized carbons (Fsp3) is 0.938. The molecule has 0 amide bonds. The molecule has 116 valence electrons. The van der Waals surface area contributed by atoms with Crippen molar-refractivity contribution in [2.75, 3.05) is 13.1 Å². The largest absolute Gasteiger partial charge is 0.388 e. The van der Waals surface area contributed by atoms with Gasteiger partial charge in [-0.15, -0.1) is 0 Å². The molecule has 0 spiro atoms. The molecule has 0 aromatic heterocycles. The molecule has 0 aromatic rings. The number of guanidine groups is 1. The summed E-state index contributed by atoms with van der Waals surface area (Å²) < 4.78 is 0. The standard InChI is InChI=1S/C16H31N3O/c1-3-13-6-8-14(9-7-13)19-15(17-4-2)18-12-16(20)10-5-11-16/h13-14,20H,3-12H2,1-2H3,(H2,17,18,19). The maximum absolute atomic E-state index is 10.1. The van der Waals surface area contributed by atoms with Crippen molar-refractivity contribution in [3.05, 3.63) is 0 Å². The Kier molecular flexibility index (Phi) is 5.70. The van der Waals surface area contributed by atoms with Gasteiger partial charge in [0.2, 0.25) is 0 Å². The van der Waals surface area contributed by atoms with E-state index < -0.39 is 5.60 Å². The summed E-state index contributed by atoms with van der Waals surface area (Å²) in [6.07, 6.45) is 9.40. The topological polar surface area (TPSA) is 56.7 Å². The van der Waals surface area contributed by atoms with Crippen molar-refractivity contribution in [1.82, 2.24) is 10.6 Å². The average molecular weight is 281 g/mol. The van der Waals surface area contributed by atoms with Gasteiger partial charge in [-0.25, -0.2) is 0 Å². The van der Waals surface area contributed by atoms with Crippen LogP contribution in [0.15, 0.2) is 4.99 Å². The van der Waals surface area contributed by atoms with E-state index in [0.717, 1.165) is 37.7 Å². The molecule has 0 heterocycles. The SMILES string of the molecule is CCNC(=NCC1(O)CCC1)NC1CCC(CC)CC1. The Hall–Kier alpha value is -0.770. The summed E-state index contributed by atoms with van der Waals surface area (Å²) in [5.41, 5.74) is -0.526. The molecule has 0 radical (unpaired) electrons. The number of aliphatic hydroxyl groups is 1. The number of nitrogens with one attached hydrogen (secondary N) is 2. The van der Waals surface area contributed by atoms with Crippen LogP contribution in [-0.4, -0.2) is 35.8 Å². The maximum atomic E-state index is 10.1. The summed E-state index contributed by atoms with van der Waals surface area (Å²) in [6, 6.07) is 0.548. The second kappa shape index (κ2) is 7.30. The lowest BCUT2D eigenvalue weighted by atomic mass is 9.80. The van der Waals surface area contributed by atoms with Crippen LogP contribution in [-0.2, 0) is 0 Å². The molecule has 0 aliphatic heterocycles. The van der Waals surface area contributed by atoms with E-state index in [0.29, 0.717) is 12.6 Å². The molecular weight excluding hydrogens is 250 g/mol. The fourth-order valence-corrected chi connectivity index (χ4v) is 3.20. The predicted molar refractivity (Wildman–Crippen MR) is 84.0 cm³/mol. The van der Waals surface area contributed by atoms with E-state index in [4.69, 9.17) is 0 Å². The first-order valence-electron chi connectivity index (χ1n) is 8.42. The van der Waals surface area contributed by atoms with Crippen molar-refractivity contribution in [3.8, 4) is 0 Å². The van der Waals surface area contributed by atoms with Crippen LogP contribution in [0, 0.1) is 5.92 Å². The van der Waals surface area contributed by atoms with Gasteiger partial charge >= 0.3 is 0 Å². The highest BCUT2D eigenvalue weighted by Crippen LogP contribution is 2.31. The first kappa shape index (κ1) is 15.6. The van der Waals surface area contributed by atoms with Gasteiger partial charge in [0, 0.05) is 12.6 Å². The van der Waals surface area contributed by atoms with Gasteiger partial charge in [-0.3, -0.25) is 4.99 Å². The molecule has 0 saturated heterocycles. The Balaban J connectivity index is 1.81. The molecule has 0 aromatic carbocycles. The van der Waals surface area contributed by atoms with Gasteiger partial charge in [-0.2, -0.15) is 0 Å². The van der Waals surface area contributed by atoms with E-state index in [9.17, 15) is 5.11 Å². The molecule has 20 heavy (non-hydrogen) atoms. The van der Waals surface area contributed by atoms with Crippen LogP contribution < -0.4 is 10.6 Å². The minimum Gasteiger partial charge on any atom is -0.388 e. The third kappa shape index (κ3) is 4.37. The summed E-state index contributed by atoms with van der Waals surface area (Å²) in [4.78, 5) is 4.58. The lowest BCUT2D eigenvalue weighted by Gasteiger charge is -2.35. The van der Waals surface area contributed by atoms with E-state index >= 15 is 0 Å². The number of aliphatic imine (C=N–C) groups is 1. The van der Waals surface area contributed by atoms with E-state index in [-0.39, 0.29) is 0 Å². The lowest BCUT2D eigenvalue weighted by Crippen LogP contribution is -2.47. The zero-order chi connectivity index (χ0) is 14.4. The molecule has 2 aliphatic carbocycles. The molecule has 3 N–H and O–H groups in total. The number of hydrogen-bond acceptors (Lipinski definition) is 2. The number of rotatable bonds is 5. The van der Waals surface area contributed by atoms with Crippen LogP contribution in [0.25, 0.3) is 0 Å². The Morgan fingerprint density at radius 3 is 2.40 bits per heavy atom. The monoisotopic (exact) mass is 281 g/mol. The zero-order valence-corrected chi connectivity index (χ0v) is 13.1. The fourth-order valence-electron chi connectivity index (χ4n) is 3.20. The maximum Gasteiger partial charge on any atom is 0.191 e. The molecule has 2 rings (SSSR count). The lowest BCUT2D eigenvalue weighted by molar-refractivity contribution is -0.0236. The van der Waals surface area contributed by atoms with Crippen molar-refractivity contribution in [3.63, 3.8) is 0 Å². The predicted octanol–water partition coefficient (Wildman–Crippen LogP) is 2.43. The third-order valence-corrected chi connectivity index (χ3v) is 4.92. The average Bonchev–Trinajstić information content (AvgIpc) is 2.44. The highest BCUT2D eigenvalue weighted by Gasteiger charge is 2.34. The van der Waals surface area contributed by atoms with Gasteiger partial charge in [0.25, 0.3) is 0 Å². The van der Waals surface area contributed by atoms with E-state index in [2.05, 4.69) is 29.5 Å². The van der Waals surface area contributed by atoms with Crippen molar-refractivity contribution in [2.24, 2.45) is 10.9 Å².